The predicted molar refractivity (Wildman–Crippen MR) is 165 cm³/mol. The van der Waals surface area contributed by atoms with E-state index in [1.807, 2.05) is 49.7 Å². The Morgan fingerprint density at radius 1 is 1.09 bits per heavy atom. The monoisotopic (exact) mass is 604 g/mol. The molecule has 2 aromatic carbocycles. The Morgan fingerprint density at radius 3 is 2.51 bits per heavy atom. The minimum Gasteiger partial charge on any atom is -0.366 e. The number of rotatable bonds is 8. The van der Waals surface area contributed by atoms with Gasteiger partial charge in [-0.2, -0.15) is 5.26 Å². The molecule has 2 unspecified atom stereocenters. The molecule has 0 spiro atoms. The van der Waals surface area contributed by atoms with Crippen LogP contribution in [-0.2, 0) is 12.8 Å². The average Bonchev–Trinajstić information content (AvgIpc) is 3.56. The number of nitrogens with zero attached hydrogens (tertiary/aromatic N) is 4. The van der Waals surface area contributed by atoms with E-state index < -0.39 is 17.8 Å². The van der Waals surface area contributed by atoms with Gasteiger partial charge < -0.3 is 15.6 Å². The van der Waals surface area contributed by atoms with Gasteiger partial charge in [-0.05, 0) is 73.2 Å². The van der Waals surface area contributed by atoms with E-state index in [9.17, 15) is 18.4 Å². The second-order valence-electron chi connectivity index (χ2n) is 11.8. The molecule has 0 fully saturated rings. The number of aromatic nitrogens is 3. The molecule has 0 saturated heterocycles. The molecule has 0 radical (unpaired) electrons. The summed E-state index contributed by atoms with van der Waals surface area (Å²) in [6.45, 7) is 5.92. The summed E-state index contributed by atoms with van der Waals surface area (Å²) in [6.07, 6.45) is 4.29. The molecule has 10 heteroatoms. The summed E-state index contributed by atoms with van der Waals surface area (Å²) in [5, 5.41) is 12.8. The van der Waals surface area contributed by atoms with Crippen molar-refractivity contribution in [3.8, 4) is 17.2 Å². The van der Waals surface area contributed by atoms with E-state index in [-0.39, 0.29) is 40.4 Å². The highest BCUT2D eigenvalue weighted by molar-refractivity contribution is 6.11. The molecule has 2 amide bonds. The van der Waals surface area contributed by atoms with Gasteiger partial charge in [0.25, 0.3) is 11.8 Å². The number of halogens is 2. The molecule has 226 valence electrons. The normalized spacial score (nSPS) is 14.8. The molecule has 5 aromatic rings. The predicted octanol–water partition coefficient (Wildman–Crippen LogP) is 6.18. The Balaban J connectivity index is 1.48. The molecule has 0 saturated carbocycles. The summed E-state index contributed by atoms with van der Waals surface area (Å²) in [5.74, 6) is -1.87. The number of hydrogen-bond acceptors (Lipinski definition) is 5. The molecular weight excluding hydrogens is 574 g/mol. The third-order valence-electron chi connectivity index (χ3n) is 8.22. The lowest BCUT2D eigenvalue weighted by molar-refractivity contribution is 0.0956. The number of pyridine rings is 2. The number of nitriles is 1. The second kappa shape index (κ2) is 11.6. The zero-order valence-corrected chi connectivity index (χ0v) is 24.9. The number of carbonyl (C=O) groups is 2. The van der Waals surface area contributed by atoms with E-state index in [0.29, 0.717) is 46.6 Å². The minimum absolute atomic E-state index is 0.0259. The van der Waals surface area contributed by atoms with Crippen LogP contribution in [0.1, 0.15) is 81.6 Å². The first kappa shape index (κ1) is 29.6. The SMILES string of the molecule is CC(C)Cc1nc2c(c(-c3cnc4c(ccn4C(C)c4ccc(C#N)c(F)c4)c3)c1C(N)=O)C(=O)NC2Cc1ccc(F)cc1. The van der Waals surface area contributed by atoms with Gasteiger partial charge >= 0.3 is 0 Å². The second-order valence-corrected chi connectivity index (χ2v) is 11.8. The van der Waals surface area contributed by atoms with Crippen LogP contribution in [0.25, 0.3) is 22.2 Å². The average molecular weight is 605 g/mol. The zero-order valence-electron chi connectivity index (χ0n) is 24.9. The summed E-state index contributed by atoms with van der Waals surface area (Å²) in [5.41, 5.74) is 10.4. The fourth-order valence-corrected chi connectivity index (χ4v) is 6.06. The third kappa shape index (κ3) is 5.42. The third-order valence-corrected chi connectivity index (χ3v) is 8.22. The van der Waals surface area contributed by atoms with Crippen molar-refractivity contribution in [2.45, 2.75) is 45.7 Å². The van der Waals surface area contributed by atoms with Gasteiger partial charge in [-0.1, -0.05) is 32.0 Å². The topological polar surface area (TPSA) is 127 Å². The van der Waals surface area contributed by atoms with Crippen molar-refractivity contribution in [1.29, 1.82) is 5.26 Å². The minimum atomic E-state index is -0.695. The summed E-state index contributed by atoms with van der Waals surface area (Å²) in [4.78, 5) is 36.2. The first-order chi connectivity index (χ1) is 21.5. The lowest BCUT2D eigenvalue weighted by Crippen LogP contribution is -2.21. The fraction of sp³-hybridized carbons (Fsp3) is 0.229. The van der Waals surface area contributed by atoms with Gasteiger partial charge in [0.2, 0.25) is 0 Å². The first-order valence-electron chi connectivity index (χ1n) is 14.6. The standard InChI is InChI=1S/C35H30F2N6O2/c1-18(2)12-27-30(33(39)44)29(31-32(41-27)28(42-35(31)45)13-20-4-8-25(36)9-5-20)24-14-22-10-11-43(34(22)40-17-24)19(3)21-6-7-23(16-38)26(37)15-21/h4-11,14-15,17-19,28H,12-13H2,1-3H3,(H2,39,44)(H,42,45). The first-order valence-corrected chi connectivity index (χ1v) is 14.6. The molecule has 0 bridgehead atoms. The van der Waals surface area contributed by atoms with Crippen molar-refractivity contribution in [2.75, 3.05) is 0 Å². The summed E-state index contributed by atoms with van der Waals surface area (Å²) < 4.78 is 29.8. The van der Waals surface area contributed by atoms with Gasteiger partial charge in [-0.25, -0.2) is 13.8 Å². The molecule has 1 aliphatic heterocycles. The van der Waals surface area contributed by atoms with E-state index in [1.165, 1.54) is 24.3 Å². The van der Waals surface area contributed by atoms with Crippen molar-refractivity contribution in [3.63, 3.8) is 0 Å². The van der Waals surface area contributed by atoms with E-state index >= 15 is 0 Å². The number of carbonyl (C=O) groups excluding carboxylic acids is 2. The smallest absolute Gasteiger partial charge is 0.254 e. The van der Waals surface area contributed by atoms with Gasteiger partial charge in [0.05, 0.1) is 40.2 Å². The highest BCUT2D eigenvalue weighted by Gasteiger charge is 2.37. The lowest BCUT2D eigenvalue weighted by atomic mass is 9.89. The highest BCUT2D eigenvalue weighted by atomic mass is 19.1. The Hall–Kier alpha value is -5.43. The number of primary amides is 1. The molecule has 45 heavy (non-hydrogen) atoms. The number of hydrogen-bond donors (Lipinski definition) is 2. The van der Waals surface area contributed by atoms with Crippen LogP contribution in [0.4, 0.5) is 8.78 Å². The van der Waals surface area contributed by atoms with Crippen LogP contribution in [0.2, 0.25) is 0 Å². The van der Waals surface area contributed by atoms with Crippen LogP contribution in [0.3, 0.4) is 0 Å². The summed E-state index contributed by atoms with van der Waals surface area (Å²) >= 11 is 0. The van der Waals surface area contributed by atoms with Crippen molar-refractivity contribution in [2.24, 2.45) is 11.7 Å². The molecule has 8 nitrogen and oxygen atoms in total. The van der Waals surface area contributed by atoms with Crippen molar-refractivity contribution in [1.82, 2.24) is 19.9 Å². The van der Waals surface area contributed by atoms with Crippen LogP contribution < -0.4 is 11.1 Å². The Morgan fingerprint density at radius 2 is 1.84 bits per heavy atom. The highest BCUT2D eigenvalue weighted by Crippen LogP contribution is 2.39. The molecule has 2 atom stereocenters. The Kier molecular flexibility index (Phi) is 7.62. The van der Waals surface area contributed by atoms with Gasteiger partial charge in [0.15, 0.2) is 0 Å². The molecular formula is C35H30F2N6O2. The van der Waals surface area contributed by atoms with Gasteiger partial charge in [-0.15, -0.1) is 0 Å². The van der Waals surface area contributed by atoms with Crippen molar-refractivity contribution >= 4 is 22.8 Å². The maximum Gasteiger partial charge on any atom is 0.254 e. The van der Waals surface area contributed by atoms with Gasteiger partial charge in [-0.3, -0.25) is 14.6 Å². The number of nitrogens with one attached hydrogen (secondary N) is 1. The Labute approximate surface area is 258 Å². The largest absolute Gasteiger partial charge is 0.366 e. The molecule has 3 N–H and O–H groups in total. The lowest BCUT2D eigenvalue weighted by Gasteiger charge is -2.19. The van der Waals surface area contributed by atoms with Crippen LogP contribution in [-0.4, -0.2) is 26.3 Å². The van der Waals surface area contributed by atoms with Crippen LogP contribution in [0.15, 0.2) is 67.0 Å². The van der Waals surface area contributed by atoms with Crippen LogP contribution >= 0.6 is 0 Å². The van der Waals surface area contributed by atoms with Crippen molar-refractivity contribution < 1.29 is 18.4 Å². The molecule has 0 aliphatic carbocycles. The summed E-state index contributed by atoms with van der Waals surface area (Å²) in [6, 6.07) is 15.4. The number of benzene rings is 2. The van der Waals surface area contributed by atoms with Crippen molar-refractivity contribution in [3.05, 3.63) is 118 Å². The van der Waals surface area contributed by atoms with Gasteiger partial charge in [0, 0.05) is 28.9 Å². The maximum absolute atomic E-state index is 14.4. The number of amides is 2. The van der Waals surface area contributed by atoms with Gasteiger partial charge in [0.1, 0.15) is 23.4 Å². The number of nitrogens with two attached hydrogens (primary N) is 1. The maximum atomic E-state index is 14.4. The molecule has 1 aliphatic rings. The molecule has 6 rings (SSSR count). The number of fused-ring (bicyclic) bond motifs is 2. The Bertz CT molecular complexity index is 2030. The fourth-order valence-electron chi connectivity index (χ4n) is 6.06. The van der Waals surface area contributed by atoms with E-state index in [2.05, 4.69) is 5.32 Å². The molecule has 3 aromatic heterocycles. The zero-order chi connectivity index (χ0) is 32.0. The quantitative estimate of drug-likeness (QED) is 0.219. The van der Waals surface area contributed by atoms with E-state index in [0.717, 1.165) is 10.9 Å². The van der Waals surface area contributed by atoms with E-state index in [4.69, 9.17) is 21.0 Å². The van der Waals surface area contributed by atoms with Crippen LogP contribution in [0, 0.1) is 28.9 Å². The van der Waals surface area contributed by atoms with E-state index in [1.54, 1.807) is 24.4 Å². The van der Waals surface area contributed by atoms with Crippen LogP contribution in [0.5, 0.6) is 0 Å². The molecule has 4 heterocycles. The summed E-state index contributed by atoms with van der Waals surface area (Å²) in [7, 11) is 0.